The van der Waals surface area contributed by atoms with Gasteiger partial charge in [0, 0.05) is 12.5 Å². The highest BCUT2D eigenvalue weighted by Gasteiger charge is 2.15. The first-order chi connectivity index (χ1) is 7.90. The zero-order chi connectivity index (χ0) is 11.2. The standard InChI is InChI=1S/C14H19NO.ClH/c1-2-5-13-6-3-4-7-14(13)16-11-12-8-9-15-10-12;/h2-4,6-7,12,15H,1,5,8-11H2;1H. The van der Waals surface area contributed by atoms with Crippen LogP contribution in [0.3, 0.4) is 0 Å². The maximum atomic E-state index is 5.89. The molecule has 1 unspecified atom stereocenters. The SMILES string of the molecule is C=CCc1ccccc1OCC1CCNC1.Cl. The number of hydrogen-bond acceptors (Lipinski definition) is 2. The minimum atomic E-state index is 0. The van der Waals surface area contributed by atoms with Crippen LogP contribution in [0, 0.1) is 5.92 Å². The highest BCUT2D eigenvalue weighted by molar-refractivity contribution is 5.85. The van der Waals surface area contributed by atoms with E-state index in [2.05, 4.69) is 18.0 Å². The smallest absolute Gasteiger partial charge is 0.122 e. The average Bonchev–Trinajstić information content (AvgIpc) is 2.81. The molecule has 94 valence electrons. The van der Waals surface area contributed by atoms with E-state index in [1.807, 2.05) is 24.3 Å². The minimum Gasteiger partial charge on any atom is -0.493 e. The first-order valence-corrected chi connectivity index (χ1v) is 5.92. The third kappa shape index (κ3) is 4.06. The van der Waals surface area contributed by atoms with Crippen LogP contribution < -0.4 is 10.1 Å². The molecule has 1 fully saturated rings. The molecule has 0 saturated carbocycles. The molecule has 1 heterocycles. The van der Waals surface area contributed by atoms with E-state index in [1.54, 1.807) is 0 Å². The minimum absolute atomic E-state index is 0. The van der Waals surface area contributed by atoms with E-state index in [0.29, 0.717) is 5.92 Å². The monoisotopic (exact) mass is 253 g/mol. The quantitative estimate of drug-likeness (QED) is 0.815. The number of halogens is 1. The number of hydrogen-bond donors (Lipinski definition) is 1. The maximum absolute atomic E-state index is 5.89. The van der Waals surface area contributed by atoms with Crippen LogP contribution in [0.1, 0.15) is 12.0 Å². The van der Waals surface area contributed by atoms with Crippen molar-refractivity contribution >= 4 is 12.4 Å². The van der Waals surface area contributed by atoms with Gasteiger partial charge in [-0.25, -0.2) is 0 Å². The van der Waals surface area contributed by atoms with Gasteiger partial charge in [0.15, 0.2) is 0 Å². The summed E-state index contributed by atoms with van der Waals surface area (Å²) in [6.07, 6.45) is 4.02. The van der Waals surface area contributed by atoms with Crippen molar-refractivity contribution in [3.63, 3.8) is 0 Å². The molecular formula is C14H20ClNO. The van der Waals surface area contributed by atoms with Crippen LogP contribution in [-0.2, 0) is 6.42 Å². The Bertz CT molecular complexity index is 348. The second-order valence-corrected chi connectivity index (χ2v) is 4.27. The van der Waals surface area contributed by atoms with Gasteiger partial charge in [-0.3, -0.25) is 0 Å². The van der Waals surface area contributed by atoms with Gasteiger partial charge in [0.1, 0.15) is 5.75 Å². The molecule has 17 heavy (non-hydrogen) atoms. The number of para-hydroxylation sites is 1. The van der Waals surface area contributed by atoms with Crippen LogP contribution >= 0.6 is 12.4 Å². The topological polar surface area (TPSA) is 21.3 Å². The van der Waals surface area contributed by atoms with Gasteiger partial charge in [0.25, 0.3) is 0 Å². The Labute approximate surface area is 109 Å². The number of nitrogens with one attached hydrogen (secondary N) is 1. The molecule has 0 bridgehead atoms. The second-order valence-electron chi connectivity index (χ2n) is 4.27. The lowest BCUT2D eigenvalue weighted by Gasteiger charge is -2.13. The van der Waals surface area contributed by atoms with E-state index < -0.39 is 0 Å². The van der Waals surface area contributed by atoms with Crippen molar-refractivity contribution in [2.24, 2.45) is 5.92 Å². The molecule has 2 rings (SSSR count). The molecule has 0 spiro atoms. The summed E-state index contributed by atoms with van der Waals surface area (Å²) in [6.45, 7) is 6.80. The first-order valence-electron chi connectivity index (χ1n) is 5.92. The van der Waals surface area contributed by atoms with E-state index in [4.69, 9.17) is 4.74 Å². The molecule has 0 amide bonds. The second kappa shape index (κ2) is 7.36. The summed E-state index contributed by atoms with van der Waals surface area (Å²) in [7, 11) is 0. The fourth-order valence-corrected chi connectivity index (χ4v) is 2.03. The van der Waals surface area contributed by atoms with E-state index in [1.165, 1.54) is 12.0 Å². The zero-order valence-corrected chi connectivity index (χ0v) is 10.8. The summed E-state index contributed by atoms with van der Waals surface area (Å²) < 4.78 is 5.89. The summed E-state index contributed by atoms with van der Waals surface area (Å²) in [5, 5.41) is 3.35. The summed E-state index contributed by atoms with van der Waals surface area (Å²) in [5.74, 6) is 1.67. The largest absolute Gasteiger partial charge is 0.493 e. The zero-order valence-electron chi connectivity index (χ0n) is 10.0. The van der Waals surface area contributed by atoms with Crippen molar-refractivity contribution in [2.75, 3.05) is 19.7 Å². The normalized spacial score (nSPS) is 18.5. The van der Waals surface area contributed by atoms with Gasteiger partial charge in [0.05, 0.1) is 6.61 Å². The van der Waals surface area contributed by atoms with E-state index >= 15 is 0 Å². The van der Waals surface area contributed by atoms with Crippen molar-refractivity contribution in [3.8, 4) is 5.75 Å². The fraction of sp³-hybridized carbons (Fsp3) is 0.429. The molecule has 1 aliphatic rings. The van der Waals surface area contributed by atoms with Gasteiger partial charge in [0.2, 0.25) is 0 Å². The predicted octanol–water partition coefficient (Wildman–Crippen LogP) is 2.83. The molecule has 0 aliphatic carbocycles. The van der Waals surface area contributed by atoms with Gasteiger partial charge >= 0.3 is 0 Å². The van der Waals surface area contributed by atoms with Crippen molar-refractivity contribution in [1.29, 1.82) is 0 Å². The molecule has 3 heteroatoms. The summed E-state index contributed by atoms with van der Waals surface area (Å²) in [5.41, 5.74) is 1.23. The van der Waals surface area contributed by atoms with E-state index in [0.717, 1.165) is 31.9 Å². The van der Waals surface area contributed by atoms with Crippen molar-refractivity contribution in [1.82, 2.24) is 5.32 Å². The molecule has 2 nitrogen and oxygen atoms in total. The molecule has 1 aromatic carbocycles. The molecule has 1 saturated heterocycles. The molecule has 0 aromatic heterocycles. The molecule has 0 radical (unpaired) electrons. The van der Waals surface area contributed by atoms with Gasteiger partial charge in [-0.2, -0.15) is 0 Å². The molecule has 1 atom stereocenters. The third-order valence-corrected chi connectivity index (χ3v) is 2.97. The summed E-state index contributed by atoms with van der Waals surface area (Å²) in [4.78, 5) is 0. The molecule has 1 aliphatic heterocycles. The maximum Gasteiger partial charge on any atom is 0.122 e. The van der Waals surface area contributed by atoms with E-state index in [-0.39, 0.29) is 12.4 Å². The highest BCUT2D eigenvalue weighted by atomic mass is 35.5. The van der Waals surface area contributed by atoms with Gasteiger partial charge < -0.3 is 10.1 Å². The van der Waals surface area contributed by atoms with Gasteiger partial charge in [-0.05, 0) is 31.0 Å². The molecule has 1 N–H and O–H groups in total. The summed E-state index contributed by atoms with van der Waals surface area (Å²) in [6, 6.07) is 8.21. The van der Waals surface area contributed by atoms with Crippen LogP contribution in [0.25, 0.3) is 0 Å². The van der Waals surface area contributed by atoms with E-state index in [9.17, 15) is 0 Å². The van der Waals surface area contributed by atoms with Crippen molar-refractivity contribution < 1.29 is 4.74 Å². The Morgan fingerprint density at radius 3 is 2.94 bits per heavy atom. The Balaban J connectivity index is 0.00000144. The molecule has 1 aromatic rings. The average molecular weight is 254 g/mol. The van der Waals surface area contributed by atoms with Crippen molar-refractivity contribution in [3.05, 3.63) is 42.5 Å². The van der Waals surface area contributed by atoms with Crippen LogP contribution in [0.15, 0.2) is 36.9 Å². The van der Waals surface area contributed by atoms with Crippen molar-refractivity contribution in [2.45, 2.75) is 12.8 Å². The number of benzene rings is 1. The Hall–Kier alpha value is -0.990. The Morgan fingerprint density at radius 2 is 2.24 bits per heavy atom. The van der Waals surface area contributed by atoms with Crippen LogP contribution in [-0.4, -0.2) is 19.7 Å². The first kappa shape index (κ1) is 14.1. The number of ether oxygens (including phenoxy) is 1. The number of rotatable bonds is 5. The lowest BCUT2D eigenvalue weighted by Crippen LogP contribution is -2.15. The molecular weight excluding hydrogens is 234 g/mol. The third-order valence-electron chi connectivity index (χ3n) is 2.97. The highest BCUT2D eigenvalue weighted by Crippen LogP contribution is 2.20. The van der Waals surface area contributed by atoms with Gasteiger partial charge in [-0.15, -0.1) is 19.0 Å². The van der Waals surface area contributed by atoms with Crippen LogP contribution in [0.2, 0.25) is 0 Å². The Morgan fingerprint density at radius 1 is 1.41 bits per heavy atom. The fourth-order valence-electron chi connectivity index (χ4n) is 2.03. The lowest BCUT2D eigenvalue weighted by atomic mass is 10.1. The summed E-state index contributed by atoms with van der Waals surface area (Å²) >= 11 is 0. The number of allylic oxidation sites excluding steroid dienone is 1. The van der Waals surface area contributed by atoms with Crippen LogP contribution in [0.5, 0.6) is 5.75 Å². The van der Waals surface area contributed by atoms with Crippen LogP contribution in [0.4, 0.5) is 0 Å². The lowest BCUT2D eigenvalue weighted by molar-refractivity contribution is 0.258. The van der Waals surface area contributed by atoms with Gasteiger partial charge in [-0.1, -0.05) is 24.3 Å². The Kier molecular flexibility index (Phi) is 6.09. The predicted molar refractivity (Wildman–Crippen MR) is 74.1 cm³/mol.